The van der Waals surface area contributed by atoms with Crippen molar-refractivity contribution in [3.8, 4) is 5.75 Å². The number of rotatable bonds is 4. The number of fused-ring (bicyclic) bond motifs is 1. The van der Waals surface area contributed by atoms with Crippen LogP contribution in [0.25, 0.3) is 10.8 Å². The number of hydrogen-bond acceptors (Lipinski definition) is 2. The lowest BCUT2D eigenvalue weighted by Gasteiger charge is -2.08. The quantitative estimate of drug-likeness (QED) is 0.783. The van der Waals surface area contributed by atoms with Crippen molar-refractivity contribution < 1.29 is 9.53 Å². The molecule has 0 aliphatic heterocycles. The van der Waals surface area contributed by atoms with Crippen LogP contribution in [0.2, 0.25) is 0 Å². The number of anilines is 1. The number of nitrogens with one attached hydrogen (secondary N) is 1. The molecular formula is C19H17NO2. The van der Waals surface area contributed by atoms with E-state index in [1.54, 1.807) is 0 Å². The van der Waals surface area contributed by atoms with Crippen LogP contribution in [0.1, 0.15) is 5.56 Å². The van der Waals surface area contributed by atoms with E-state index in [0.29, 0.717) is 5.75 Å². The van der Waals surface area contributed by atoms with Gasteiger partial charge in [-0.25, -0.2) is 0 Å². The fourth-order valence-corrected chi connectivity index (χ4v) is 2.25. The zero-order chi connectivity index (χ0) is 15.4. The molecule has 0 radical (unpaired) electrons. The van der Waals surface area contributed by atoms with Gasteiger partial charge in [0.15, 0.2) is 6.61 Å². The highest BCUT2D eigenvalue weighted by Gasteiger charge is 2.04. The molecule has 0 aromatic heterocycles. The predicted molar refractivity (Wildman–Crippen MR) is 89.3 cm³/mol. The van der Waals surface area contributed by atoms with E-state index >= 15 is 0 Å². The summed E-state index contributed by atoms with van der Waals surface area (Å²) >= 11 is 0. The largest absolute Gasteiger partial charge is 0.484 e. The Morgan fingerprint density at radius 1 is 0.955 bits per heavy atom. The lowest BCUT2D eigenvalue weighted by Crippen LogP contribution is -2.20. The van der Waals surface area contributed by atoms with Crippen molar-refractivity contribution >= 4 is 22.4 Å². The summed E-state index contributed by atoms with van der Waals surface area (Å²) in [6.45, 7) is 2.01. The van der Waals surface area contributed by atoms with E-state index in [1.807, 2.05) is 73.7 Å². The Kier molecular flexibility index (Phi) is 4.05. The van der Waals surface area contributed by atoms with Gasteiger partial charge in [-0.2, -0.15) is 0 Å². The maximum Gasteiger partial charge on any atom is 0.262 e. The standard InChI is InChI=1S/C19H17NO2/c1-14-6-10-18(11-7-14)22-13-19(21)20-17-9-8-15-4-2-3-5-16(15)12-17/h2-12H,13H2,1H3,(H,20,21). The summed E-state index contributed by atoms with van der Waals surface area (Å²) in [6.07, 6.45) is 0. The van der Waals surface area contributed by atoms with Crippen LogP contribution in [0, 0.1) is 6.92 Å². The molecule has 0 aliphatic rings. The van der Waals surface area contributed by atoms with Crippen molar-refractivity contribution in [3.05, 3.63) is 72.3 Å². The molecule has 0 bridgehead atoms. The van der Waals surface area contributed by atoms with Crippen molar-refractivity contribution in [2.24, 2.45) is 0 Å². The minimum Gasteiger partial charge on any atom is -0.484 e. The van der Waals surface area contributed by atoms with E-state index in [1.165, 1.54) is 0 Å². The lowest BCUT2D eigenvalue weighted by atomic mass is 10.1. The Bertz CT molecular complexity index is 794. The van der Waals surface area contributed by atoms with Gasteiger partial charge >= 0.3 is 0 Å². The number of aryl methyl sites for hydroxylation is 1. The molecule has 0 heterocycles. The molecule has 3 heteroatoms. The van der Waals surface area contributed by atoms with Crippen LogP contribution in [0.4, 0.5) is 5.69 Å². The second-order valence-electron chi connectivity index (χ2n) is 5.21. The molecule has 3 rings (SSSR count). The normalized spacial score (nSPS) is 10.4. The molecule has 0 saturated heterocycles. The van der Waals surface area contributed by atoms with Crippen LogP contribution in [0.5, 0.6) is 5.75 Å². The molecule has 0 unspecified atom stereocenters. The van der Waals surface area contributed by atoms with Gasteiger partial charge in [-0.3, -0.25) is 4.79 Å². The van der Waals surface area contributed by atoms with Crippen molar-refractivity contribution in [1.82, 2.24) is 0 Å². The molecule has 22 heavy (non-hydrogen) atoms. The molecule has 110 valence electrons. The van der Waals surface area contributed by atoms with Crippen molar-refractivity contribution in [1.29, 1.82) is 0 Å². The second kappa shape index (κ2) is 6.31. The fourth-order valence-electron chi connectivity index (χ4n) is 2.25. The number of hydrogen-bond donors (Lipinski definition) is 1. The lowest BCUT2D eigenvalue weighted by molar-refractivity contribution is -0.118. The average Bonchev–Trinajstić information content (AvgIpc) is 2.54. The maximum atomic E-state index is 12.0. The third-order valence-corrected chi connectivity index (χ3v) is 3.42. The van der Waals surface area contributed by atoms with Gasteiger partial charge < -0.3 is 10.1 Å². The van der Waals surface area contributed by atoms with Gasteiger partial charge in [0.05, 0.1) is 0 Å². The first-order valence-electron chi connectivity index (χ1n) is 7.19. The Morgan fingerprint density at radius 3 is 2.45 bits per heavy atom. The molecule has 0 aliphatic carbocycles. The van der Waals surface area contributed by atoms with Crippen molar-refractivity contribution in [2.45, 2.75) is 6.92 Å². The van der Waals surface area contributed by atoms with E-state index in [0.717, 1.165) is 22.0 Å². The summed E-state index contributed by atoms with van der Waals surface area (Å²) in [5, 5.41) is 5.10. The molecule has 0 saturated carbocycles. The summed E-state index contributed by atoms with van der Waals surface area (Å²) in [7, 11) is 0. The minimum atomic E-state index is -0.171. The van der Waals surface area contributed by atoms with Crippen LogP contribution < -0.4 is 10.1 Å². The van der Waals surface area contributed by atoms with Gasteiger partial charge in [0.25, 0.3) is 5.91 Å². The average molecular weight is 291 g/mol. The molecule has 0 fully saturated rings. The summed E-state index contributed by atoms with van der Waals surface area (Å²) in [6, 6.07) is 21.5. The summed E-state index contributed by atoms with van der Waals surface area (Å²) < 4.78 is 5.47. The first-order valence-corrected chi connectivity index (χ1v) is 7.19. The Balaban J connectivity index is 1.61. The molecule has 3 aromatic carbocycles. The zero-order valence-corrected chi connectivity index (χ0v) is 12.4. The summed E-state index contributed by atoms with van der Waals surface area (Å²) in [5.41, 5.74) is 1.93. The number of ether oxygens (including phenoxy) is 1. The molecule has 3 aromatic rings. The highest BCUT2D eigenvalue weighted by atomic mass is 16.5. The Labute approximate surface area is 129 Å². The topological polar surface area (TPSA) is 38.3 Å². The molecular weight excluding hydrogens is 274 g/mol. The molecule has 1 N–H and O–H groups in total. The SMILES string of the molecule is Cc1ccc(OCC(=O)Nc2ccc3ccccc3c2)cc1. The molecule has 1 amide bonds. The number of carbonyl (C=O) groups is 1. The van der Waals surface area contributed by atoms with Gasteiger partial charge in [0.2, 0.25) is 0 Å². The van der Waals surface area contributed by atoms with E-state index in [4.69, 9.17) is 4.74 Å². The molecule has 3 nitrogen and oxygen atoms in total. The summed E-state index contributed by atoms with van der Waals surface area (Å²) in [4.78, 5) is 12.0. The van der Waals surface area contributed by atoms with Crippen molar-refractivity contribution in [3.63, 3.8) is 0 Å². The predicted octanol–water partition coefficient (Wildman–Crippen LogP) is 4.17. The monoisotopic (exact) mass is 291 g/mol. The summed E-state index contributed by atoms with van der Waals surface area (Å²) in [5.74, 6) is 0.523. The minimum absolute atomic E-state index is 0.00408. The fraction of sp³-hybridized carbons (Fsp3) is 0.105. The Hall–Kier alpha value is -2.81. The number of amides is 1. The van der Waals surface area contributed by atoms with Gasteiger partial charge in [-0.15, -0.1) is 0 Å². The third-order valence-electron chi connectivity index (χ3n) is 3.42. The third kappa shape index (κ3) is 3.44. The van der Waals surface area contributed by atoms with Gasteiger partial charge in [0.1, 0.15) is 5.75 Å². The highest BCUT2D eigenvalue weighted by Crippen LogP contribution is 2.19. The van der Waals surface area contributed by atoms with Crippen LogP contribution in [0.15, 0.2) is 66.7 Å². The zero-order valence-electron chi connectivity index (χ0n) is 12.4. The van der Waals surface area contributed by atoms with Crippen molar-refractivity contribution in [2.75, 3.05) is 11.9 Å². The van der Waals surface area contributed by atoms with E-state index in [2.05, 4.69) is 5.32 Å². The van der Waals surface area contributed by atoms with E-state index in [9.17, 15) is 4.79 Å². The maximum absolute atomic E-state index is 12.0. The van der Waals surface area contributed by atoms with E-state index < -0.39 is 0 Å². The molecule has 0 atom stereocenters. The Morgan fingerprint density at radius 2 is 1.68 bits per heavy atom. The highest BCUT2D eigenvalue weighted by molar-refractivity contribution is 5.95. The first-order chi connectivity index (χ1) is 10.7. The molecule has 0 spiro atoms. The van der Waals surface area contributed by atoms with Crippen LogP contribution in [-0.2, 0) is 4.79 Å². The van der Waals surface area contributed by atoms with Crippen LogP contribution >= 0.6 is 0 Å². The van der Waals surface area contributed by atoms with Crippen LogP contribution in [-0.4, -0.2) is 12.5 Å². The number of benzene rings is 3. The van der Waals surface area contributed by atoms with Crippen LogP contribution in [0.3, 0.4) is 0 Å². The smallest absolute Gasteiger partial charge is 0.262 e. The second-order valence-corrected chi connectivity index (χ2v) is 5.21. The van der Waals surface area contributed by atoms with Gasteiger partial charge in [0, 0.05) is 5.69 Å². The van der Waals surface area contributed by atoms with Gasteiger partial charge in [-0.05, 0) is 42.0 Å². The number of carbonyl (C=O) groups excluding carboxylic acids is 1. The van der Waals surface area contributed by atoms with Gasteiger partial charge in [-0.1, -0.05) is 48.0 Å². The van der Waals surface area contributed by atoms with E-state index in [-0.39, 0.29) is 12.5 Å². The first kappa shape index (κ1) is 14.1.